The number of carbonyl (C=O) groups is 1. The van der Waals surface area contributed by atoms with Gasteiger partial charge < -0.3 is 9.88 Å². The molecule has 0 atom stereocenters. The molecular formula is C14H13Cl2N5O. The van der Waals surface area contributed by atoms with Gasteiger partial charge in [0.05, 0.1) is 22.1 Å². The average Bonchev–Trinajstić information content (AvgIpc) is 3.13. The largest absolute Gasteiger partial charge is 0.328 e. The van der Waals surface area contributed by atoms with Crippen molar-refractivity contribution in [1.29, 1.82) is 0 Å². The number of aromatic nitrogens is 2. The van der Waals surface area contributed by atoms with Gasteiger partial charge >= 0.3 is 0 Å². The Morgan fingerprint density at radius 1 is 1.32 bits per heavy atom. The molecule has 114 valence electrons. The number of hydrogen-bond acceptors (Lipinski definition) is 4. The summed E-state index contributed by atoms with van der Waals surface area (Å²) >= 11 is 11.9. The van der Waals surface area contributed by atoms with Crippen molar-refractivity contribution in [1.82, 2.24) is 14.9 Å². The van der Waals surface area contributed by atoms with Crippen LogP contribution in [-0.2, 0) is 11.3 Å². The number of nitrogens with zero attached hydrogens (tertiary/aromatic N) is 4. The molecule has 1 aliphatic rings. The number of amidine groups is 1. The second-order valence-corrected chi connectivity index (χ2v) is 5.62. The molecule has 1 aliphatic heterocycles. The highest BCUT2D eigenvalue weighted by Crippen LogP contribution is 2.28. The molecule has 8 heteroatoms. The fourth-order valence-electron chi connectivity index (χ4n) is 2.12. The quantitative estimate of drug-likeness (QED) is 0.935. The van der Waals surface area contributed by atoms with Gasteiger partial charge in [0, 0.05) is 25.4 Å². The summed E-state index contributed by atoms with van der Waals surface area (Å²) in [5.74, 6) is 0.504. The van der Waals surface area contributed by atoms with Crippen molar-refractivity contribution in [3.05, 3.63) is 47.0 Å². The van der Waals surface area contributed by atoms with Crippen LogP contribution >= 0.6 is 23.2 Å². The molecule has 0 radical (unpaired) electrons. The van der Waals surface area contributed by atoms with Crippen LogP contribution in [0.2, 0.25) is 10.0 Å². The zero-order valence-corrected chi connectivity index (χ0v) is 13.1. The number of carbonyl (C=O) groups excluding carboxylic acids is 1. The molecule has 0 saturated carbocycles. The zero-order valence-electron chi connectivity index (χ0n) is 11.5. The van der Waals surface area contributed by atoms with Crippen molar-refractivity contribution < 1.29 is 4.79 Å². The Kier molecular flexibility index (Phi) is 4.31. The molecule has 2 aromatic rings. The first-order chi connectivity index (χ1) is 10.6. The summed E-state index contributed by atoms with van der Waals surface area (Å²) in [6, 6.07) is 5.32. The van der Waals surface area contributed by atoms with Gasteiger partial charge in [0.15, 0.2) is 0 Å². The molecule has 1 N–H and O–H groups in total. The van der Waals surface area contributed by atoms with Crippen LogP contribution in [0.1, 0.15) is 6.42 Å². The second-order valence-electron chi connectivity index (χ2n) is 4.80. The number of hydrazone groups is 1. The topological polar surface area (TPSA) is 62.5 Å². The van der Waals surface area contributed by atoms with Crippen LogP contribution in [0, 0.1) is 0 Å². The van der Waals surface area contributed by atoms with Gasteiger partial charge in [-0.25, -0.2) is 4.98 Å². The molecule has 0 saturated heterocycles. The van der Waals surface area contributed by atoms with Crippen LogP contribution in [-0.4, -0.2) is 27.8 Å². The molecule has 22 heavy (non-hydrogen) atoms. The van der Waals surface area contributed by atoms with Crippen molar-refractivity contribution in [3.8, 4) is 0 Å². The summed E-state index contributed by atoms with van der Waals surface area (Å²) in [5.41, 5.74) is 0.841. The van der Waals surface area contributed by atoms with E-state index in [1.54, 1.807) is 40.4 Å². The van der Waals surface area contributed by atoms with E-state index in [1.165, 1.54) is 0 Å². The van der Waals surface area contributed by atoms with Gasteiger partial charge in [-0.3, -0.25) is 9.80 Å². The Hall–Kier alpha value is -2.05. The summed E-state index contributed by atoms with van der Waals surface area (Å²) in [6.07, 6.45) is 5.62. The van der Waals surface area contributed by atoms with E-state index in [4.69, 9.17) is 23.2 Å². The maximum absolute atomic E-state index is 11.9. The number of rotatable bonds is 3. The molecular weight excluding hydrogens is 325 g/mol. The zero-order chi connectivity index (χ0) is 15.5. The summed E-state index contributed by atoms with van der Waals surface area (Å²) < 4.78 is 1.70. The third kappa shape index (κ3) is 3.40. The van der Waals surface area contributed by atoms with E-state index in [-0.39, 0.29) is 12.5 Å². The summed E-state index contributed by atoms with van der Waals surface area (Å²) in [7, 11) is 0. The van der Waals surface area contributed by atoms with Gasteiger partial charge in [-0.05, 0) is 18.2 Å². The lowest BCUT2D eigenvalue weighted by Gasteiger charge is -2.13. The lowest BCUT2D eigenvalue weighted by atomic mass is 10.3. The minimum absolute atomic E-state index is 0.132. The molecule has 0 bridgehead atoms. The molecule has 0 unspecified atom stereocenters. The molecule has 0 aliphatic carbocycles. The first kappa shape index (κ1) is 14.9. The summed E-state index contributed by atoms with van der Waals surface area (Å²) in [5, 5.41) is 9.96. The smallest absolute Gasteiger partial charge is 0.245 e. The van der Waals surface area contributed by atoms with Crippen LogP contribution in [0.15, 0.2) is 42.0 Å². The van der Waals surface area contributed by atoms with Gasteiger partial charge in [-0.15, -0.1) is 0 Å². The molecule has 1 aromatic carbocycles. The van der Waals surface area contributed by atoms with Crippen molar-refractivity contribution >= 4 is 40.6 Å². The third-order valence-electron chi connectivity index (χ3n) is 3.17. The molecule has 3 rings (SSSR count). The van der Waals surface area contributed by atoms with Gasteiger partial charge in [0.25, 0.3) is 0 Å². The van der Waals surface area contributed by atoms with Crippen molar-refractivity contribution in [3.63, 3.8) is 0 Å². The molecule has 1 aromatic heterocycles. The van der Waals surface area contributed by atoms with Crippen molar-refractivity contribution in [2.75, 3.05) is 11.6 Å². The Morgan fingerprint density at radius 3 is 2.91 bits per heavy atom. The number of nitrogens with one attached hydrogen (secondary N) is 1. The van der Waals surface area contributed by atoms with Crippen LogP contribution in [0.3, 0.4) is 0 Å². The average molecular weight is 338 g/mol. The van der Waals surface area contributed by atoms with Crippen LogP contribution < -0.4 is 10.3 Å². The van der Waals surface area contributed by atoms with Gasteiger partial charge in [-0.2, -0.15) is 5.10 Å². The van der Waals surface area contributed by atoms with Crippen molar-refractivity contribution in [2.45, 2.75) is 13.0 Å². The summed E-state index contributed by atoms with van der Waals surface area (Å²) in [4.78, 5) is 15.8. The maximum Gasteiger partial charge on any atom is 0.245 e. The van der Waals surface area contributed by atoms with E-state index in [0.717, 1.165) is 5.69 Å². The number of halogens is 2. The molecule has 0 spiro atoms. The lowest BCUT2D eigenvalue weighted by molar-refractivity contribution is -0.120. The van der Waals surface area contributed by atoms with E-state index in [1.807, 2.05) is 6.07 Å². The number of anilines is 1. The van der Waals surface area contributed by atoms with Crippen LogP contribution in [0.4, 0.5) is 5.69 Å². The summed E-state index contributed by atoms with van der Waals surface area (Å²) in [6.45, 7) is 0.893. The molecule has 0 fully saturated rings. The number of benzene rings is 1. The van der Waals surface area contributed by atoms with Gasteiger partial charge in [-0.1, -0.05) is 23.2 Å². The predicted molar refractivity (Wildman–Crippen MR) is 86.2 cm³/mol. The Morgan fingerprint density at radius 2 is 2.18 bits per heavy atom. The first-order valence-corrected chi connectivity index (χ1v) is 7.43. The first-order valence-electron chi connectivity index (χ1n) is 6.67. The van der Waals surface area contributed by atoms with E-state index >= 15 is 0 Å². The minimum atomic E-state index is -0.132. The van der Waals surface area contributed by atoms with Gasteiger partial charge in [0.2, 0.25) is 5.91 Å². The third-order valence-corrected chi connectivity index (χ3v) is 3.91. The maximum atomic E-state index is 11.9. The predicted octanol–water partition coefficient (Wildman–Crippen LogP) is 2.53. The van der Waals surface area contributed by atoms with E-state index < -0.39 is 0 Å². The van der Waals surface area contributed by atoms with Gasteiger partial charge in [0.1, 0.15) is 12.4 Å². The Labute approximate surface area is 137 Å². The highest BCUT2D eigenvalue weighted by molar-refractivity contribution is 6.42. The molecule has 2 heterocycles. The fraction of sp³-hybridized carbons (Fsp3) is 0.214. The Balaban J connectivity index is 1.64. The van der Waals surface area contributed by atoms with E-state index in [9.17, 15) is 4.79 Å². The fourth-order valence-corrected chi connectivity index (χ4v) is 2.42. The standard InChI is InChI=1S/C14H13Cl2N5O/c15-11-2-1-10(7-12(11)16)21-5-3-13(19-21)18-14(22)8-20-6-4-17-9-20/h1-2,4,6-7,9H,3,5,8H2,(H,18,19,22). The lowest BCUT2D eigenvalue weighted by Crippen LogP contribution is -2.32. The monoisotopic (exact) mass is 337 g/mol. The normalized spacial score (nSPS) is 14.1. The minimum Gasteiger partial charge on any atom is -0.328 e. The SMILES string of the molecule is O=C(Cn1ccnc1)NC1=NN(c2ccc(Cl)c(Cl)c2)CC1. The van der Waals surface area contributed by atoms with E-state index in [0.29, 0.717) is 28.8 Å². The number of imidazole rings is 1. The van der Waals surface area contributed by atoms with E-state index in [2.05, 4.69) is 15.4 Å². The van der Waals surface area contributed by atoms with Crippen molar-refractivity contribution in [2.24, 2.45) is 5.10 Å². The highest BCUT2D eigenvalue weighted by atomic mass is 35.5. The van der Waals surface area contributed by atoms with Crippen LogP contribution in [0.25, 0.3) is 0 Å². The highest BCUT2D eigenvalue weighted by Gasteiger charge is 2.18. The number of amides is 1. The Bertz CT molecular complexity index is 714. The number of hydrogen-bond donors (Lipinski definition) is 1. The van der Waals surface area contributed by atoms with Crippen LogP contribution in [0.5, 0.6) is 0 Å². The molecule has 6 nitrogen and oxygen atoms in total. The second kappa shape index (κ2) is 6.37. The molecule has 1 amide bonds.